The van der Waals surface area contributed by atoms with E-state index in [9.17, 15) is 4.79 Å². The summed E-state index contributed by atoms with van der Waals surface area (Å²) in [6.07, 6.45) is 6.25. The van der Waals surface area contributed by atoms with E-state index in [0.29, 0.717) is 5.78 Å². The summed E-state index contributed by atoms with van der Waals surface area (Å²) in [5.74, 6) is 0.400. The minimum absolute atomic E-state index is 0.128. The Kier molecular flexibility index (Phi) is 2.95. The number of hydrogen-bond acceptors (Lipinski definition) is 1. The van der Waals surface area contributed by atoms with Gasteiger partial charge in [0.2, 0.25) is 0 Å². The van der Waals surface area contributed by atoms with Crippen molar-refractivity contribution >= 4 is 5.78 Å². The molecule has 0 fully saturated rings. The molecule has 1 unspecified atom stereocenters. The van der Waals surface area contributed by atoms with Gasteiger partial charge < -0.3 is 0 Å². The molecular weight excluding hydrogens is 256 g/mol. The minimum atomic E-state index is -0.128. The third kappa shape index (κ3) is 2.03. The molecule has 0 N–H and O–H groups in total. The van der Waals surface area contributed by atoms with Crippen molar-refractivity contribution in [2.24, 2.45) is 5.41 Å². The molecule has 1 spiro atoms. The monoisotopic (exact) mass is 276 g/mol. The van der Waals surface area contributed by atoms with Crippen LogP contribution in [0, 0.1) is 5.41 Å². The number of benzene rings is 2. The number of ketones is 1. The summed E-state index contributed by atoms with van der Waals surface area (Å²) in [5.41, 5.74) is 5.04. The van der Waals surface area contributed by atoms with Gasteiger partial charge in [-0.25, -0.2) is 0 Å². The fourth-order valence-corrected chi connectivity index (χ4v) is 4.19. The first-order valence-corrected chi connectivity index (χ1v) is 7.98. The fraction of sp³-hybridized carbons (Fsp3) is 0.350. The first-order chi connectivity index (χ1) is 10.3. The molecule has 0 heterocycles. The van der Waals surface area contributed by atoms with Crippen LogP contribution < -0.4 is 0 Å². The first-order valence-electron chi connectivity index (χ1n) is 7.98. The Bertz CT molecular complexity index is 700. The SMILES string of the molecule is O=C1c2ccccc2CC12CCCc1ccccc1CC2. The van der Waals surface area contributed by atoms with E-state index in [4.69, 9.17) is 0 Å². The van der Waals surface area contributed by atoms with Crippen molar-refractivity contribution in [2.45, 2.75) is 38.5 Å². The van der Waals surface area contributed by atoms with Crippen LogP contribution in [0.25, 0.3) is 0 Å². The summed E-state index contributed by atoms with van der Waals surface area (Å²) in [5, 5.41) is 0. The van der Waals surface area contributed by atoms with E-state index in [1.54, 1.807) is 0 Å². The Labute approximate surface area is 126 Å². The molecule has 0 radical (unpaired) electrons. The number of hydrogen-bond donors (Lipinski definition) is 0. The molecule has 0 bridgehead atoms. The third-order valence-electron chi connectivity index (χ3n) is 5.37. The second-order valence-electron chi connectivity index (χ2n) is 6.57. The van der Waals surface area contributed by atoms with Crippen LogP contribution in [0.3, 0.4) is 0 Å². The molecule has 1 atom stereocenters. The van der Waals surface area contributed by atoms with Gasteiger partial charge in [-0.3, -0.25) is 4.79 Å². The van der Waals surface area contributed by atoms with Gasteiger partial charge in [0.1, 0.15) is 0 Å². The van der Waals surface area contributed by atoms with Crippen molar-refractivity contribution in [3.05, 3.63) is 70.8 Å². The highest BCUT2D eigenvalue weighted by Crippen LogP contribution is 2.45. The number of aryl methyl sites for hydroxylation is 2. The van der Waals surface area contributed by atoms with Crippen LogP contribution in [0.1, 0.15) is 46.3 Å². The molecule has 2 aliphatic carbocycles. The van der Waals surface area contributed by atoms with Crippen molar-refractivity contribution in [2.75, 3.05) is 0 Å². The van der Waals surface area contributed by atoms with E-state index in [1.165, 1.54) is 16.7 Å². The summed E-state index contributed by atoms with van der Waals surface area (Å²) in [6, 6.07) is 16.9. The molecule has 21 heavy (non-hydrogen) atoms. The van der Waals surface area contributed by atoms with Gasteiger partial charge in [-0.1, -0.05) is 48.5 Å². The van der Waals surface area contributed by atoms with E-state index in [0.717, 1.165) is 44.1 Å². The number of Topliss-reactive ketones (excluding diaryl/α,β-unsaturated/α-hetero) is 1. The van der Waals surface area contributed by atoms with Gasteiger partial charge in [-0.05, 0) is 55.2 Å². The average molecular weight is 276 g/mol. The normalized spacial score (nSPS) is 24.3. The molecule has 0 amide bonds. The molecule has 2 aromatic carbocycles. The summed E-state index contributed by atoms with van der Waals surface area (Å²) in [4.78, 5) is 13.0. The van der Waals surface area contributed by atoms with Gasteiger partial charge in [0, 0.05) is 11.0 Å². The fourth-order valence-electron chi connectivity index (χ4n) is 4.19. The summed E-state index contributed by atoms with van der Waals surface area (Å²) in [6.45, 7) is 0. The predicted molar refractivity (Wildman–Crippen MR) is 84.6 cm³/mol. The van der Waals surface area contributed by atoms with Crippen LogP contribution in [-0.4, -0.2) is 5.78 Å². The molecule has 0 aromatic heterocycles. The third-order valence-corrected chi connectivity index (χ3v) is 5.37. The number of carbonyl (C=O) groups excluding carboxylic acids is 1. The van der Waals surface area contributed by atoms with E-state index < -0.39 is 0 Å². The van der Waals surface area contributed by atoms with E-state index >= 15 is 0 Å². The second kappa shape index (κ2) is 4.84. The number of fused-ring (bicyclic) bond motifs is 2. The van der Waals surface area contributed by atoms with Crippen molar-refractivity contribution in [3.8, 4) is 0 Å². The molecular formula is C20H20O. The van der Waals surface area contributed by atoms with Crippen LogP contribution in [-0.2, 0) is 19.3 Å². The second-order valence-corrected chi connectivity index (χ2v) is 6.57. The van der Waals surface area contributed by atoms with Gasteiger partial charge in [0.05, 0.1) is 0 Å². The van der Waals surface area contributed by atoms with E-state index in [1.807, 2.05) is 12.1 Å². The average Bonchev–Trinajstić information content (AvgIpc) is 2.78. The smallest absolute Gasteiger partial charge is 0.169 e. The summed E-state index contributed by atoms with van der Waals surface area (Å²) >= 11 is 0. The standard InChI is InChI=1S/C20H20O/c21-19-18-10-4-3-8-17(18)14-20(19)12-5-9-15-6-1-2-7-16(15)11-13-20/h1-4,6-8,10H,5,9,11-14H2. The Morgan fingerprint density at radius 1 is 0.762 bits per heavy atom. The molecule has 0 saturated heterocycles. The summed E-state index contributed by atoms with van der Waals surface area (Å²) in [7, 11) is 0. The van der Waals surface area contributed by atoms with Crippen LogP contribution in [0.2, 0.25) is 0 Å². The number of rotatable bonds is 0. The topological polar surface area (TPSA) is 17.1 Å². The summed E-state index contributed by atoms with van der Waals surface area (Å²) < 4.78 is 0. The Morgan fingerprint density at radius 3 is 2.19 bits per heavy atom. The zero-order valence-corrected chi connectivity index (χ0v) is 12.3. The molecule has 2 aliphatic rings. The zero-order valence-electron chi connectivity index (χ0n) is 12.3. The minimum Gasteiger partial charge on any atom is -0.294 e. The Morgan fingerprint density at radius 2 is 1.43 bits per heavy atom. The van der Waals surface area contributed by atoms with Crippen LogP contribution in [0.5, 0.6) is 0 Å². The Hall–Kier alpha value is -1.89. The molecule has 0 saturated carbocycles. The molecule has 1 heteroatoms. The highest BCUT2D eigenvalue weighted by Gasteiger charge is 2.44. The lowest BCUT2D eigenvalue weighted by Crippen LogP contribution is -2.30. The van der Waals surface area contributed by atoms with Crippen LogP contribution in [0.4, 0.5) is 0 Å². The lowest BCUT2D eigenvalue weighted by Gasteiger charge is -2.30. The first kappa shape index (κ1) is 12.8. The predicted octanol–water partition coefficient (Wildman–Crippen LogP) is 4.38. The molecule has 4 rings (SSSR count). The molecule has 0 aliphatic heterocycles. The highest BCUT2D eigenvalue weighted by atomic mass is 16.1. The van der Waals surface area contributed by atoms with Crippen molar-refractivity contribution in [1.82, 2.24) is 0 Å². The van der Waals surface area contributed by atoms with E-state index in [2.05, 4.69) is 36.4 Å². The van der Waals surface area contributed by atoms with Crippen molar-refractivity contribution in [3.63, 3.8) is 0 Å². The lowest BCUT2D eigenvalue weighted by atomic mass is 9.72. The quantitative estimate of drug-likeness (QED) is 0.698. The van der Waals surface area contributed by atoms with Gasteiger partial charge in [0.25, 0.3) is 0 Å². The largest absolute Gasteiger partial charge is 0.294 e. The van der Waals surface area contributed by atoms with Gasteiger partial charge in [-0.2, -0.15) is 0 Å². The Balaban J connectivity index is 1.68. The van der Waals surface area contributed by atoms with Crippen molar-refractivity contribution < 1.29 is 4.79 Å². The molecule has 106 valence electrons. The molecule has 1 nitrogen and oxygen atoms in total. The number of carbonyl (C=O) groups is 1. The van der Waals surface area contributed by atoms with Crippen molar-refractivity contribution in [1.29, 1.82) is 0 Å². The zero-order chi connectivity index (χ0) is 14.3. The maximum atomic E-state index is 13.0. The van der Waals surface area contributed by atoms with Gasteiger partial charge >= 0.3 is 0 Å². The molecule has 2 aromatic rings. The maximum Gasteiger partial charge on any atom is 0.169 e. The lowest BCUT2D eigenvalue weighted by molar-refractivity contribution is 0.0782. The highest BCUT2D eigenvalue weighted by molar-refractivity contribution is 6.04. The maximum absolute atomic E-state index is 13.0. The van der Waals surface area contributed by atoms with Gasteiger partial charge in [0.15, 0.2) is 5.78 Å². The van der Waals surface area contributed by atoms with E-state index in [-0.39, 0.29) is 5.41 Å². The van der Waals surface area contributed by atoms with Crippen LogP contribution >= 0.6 is 0 Å². The van der Waals surface area contributed by atoms with Crippen LogP contribution in [0.15, 0.2) is 48.5 Å². The van der Waals surface area contributed by atoms with Gasteiger partial charge in [-0.15, -0.1) is 0 Å².